The average molecular weight is 305 g/mol. The number of carbonyl (C=O) groups is 1. The summed E-state index contributed by atoms with van der Waals surface area (Å²) in [6, 6.07) is 4.69. The molecule has 17 heavy (non-hydrogen) atoms. The highest BCUT2D eigenvalue weighted by atomic mass is 79.9. The van der Waals surface area contributed by atoms with Crippen LogP contribution in [0, 0.1) is 5.82 Å². The van der Waals surface area contributed by atoms with Gasteiger partial charge < -0.3 is 9.47 Å². The Kier molecular flexibility index (Phi) is 5.97. The van der Waals surface area contributed by atoms with Crippen LogP contribution >= 0.6 is 15.9 Å². The monoisotopic (exact) mass is 304 g/mol. The van der Waals surface area contributed by atoms with Gasteiger partial charge in [0.05, 0.1) is 6.61 Å². The Morgan fingerprint density at radius 3 is 2.82 bits per heavy atom. The van der Waals surface area contributed by atoms with E-state index in [1.165, 1.54) is 12.1 Å². The summed E-state index contributed by atoms with van der Waals surface area (Å²) in [5.74, 6) is -0.902. The van der Waals surface area contributed by atoms with E-state index in [1.807, 2.05) is 0 Å². The fraction of sp³-hybridized carbons (Fsp3) is 0.417. The first-order valence-electron chi connectivity index (χ1n) is 5.30. The molecule has 0 unspecified atom stereocenters. The summed E-state index contributed by atoms with van der Waals surface area (Å²) >= 11 is 3.28. The van der Waals surface area contributed by atoms with E-state index < -0.39 is 11.8 Å². The van der Waals surface area contributed by atoms with Crippen LogP contribution in [0.4, 0.5) is 4.39 Å². The van der Waals surface area contributed by atoms with Crippen molar-refractivity contribution in [2.75, 3.05) is 18.5 Å². The first-order chi connectivity index (χ1) is 8.17. The number of rotatable bonds is 6. The van der Waals surface area contributed by atoms with E-state index in [0.29, 0.717) is 0 Å². The minimum Gasteiger partial charge on any atom is -0.479 e. The Balaban J connectivity index is 2.57. The second kappa shape index (κ2) is 7.27. The molecular weight excluding hydrogens is 291 g/mol. The van der Waals surface area contributed by atoms with E-state index in [1.54, 1.807) is 13.0 Å². The van der Waals surface area contributed by atoms with E-state index in [9.17, 15) is 9.18 Å². The molecule has 0 atom stereocenters. The largest absolute Gasteiger partial charge is 0.479 e. The van der Waals surface area contributed by atoms with Crippen LogP contribution in [0.25, 0.3) is 0 Å². The predicted molar refractivity (Wildman–Crippen MR) is 66.0 cm³/mol. The average Bonchev–Trinajstić information content (AvgIpc) is 2.29. The molecule has 5 heteroatoms. The summed E-state index contributed by atoms with van der Waals surface area (Å²) in [5, 5.41) is 0.773. The molecule has 0 aliphatic carbocycles. The lowest BCUT2D eigenvalue weighted by Gasteiger charge is -2.07. The van der Waals surface area contributed by atoms with Gasteiger partial charge in [-0.3, -0.25) is 0 Å². The van der Waals surface area contributed by atoms with Crippen LogP contribution in [0.5, 0.6) is 5.75 Å². The number of hydrogen-bond donors (Lipinski definition) is 0. The molecule has 3 nitrogen and oxygen atoms in total. The molecule has 0 saturated heterocycles. The summed E-state index contributed by atoms with van der Waals surface area (Å²) in [7, 11) is 0. The van der Waals surface area contributed by atoms with Crippen molar-refractivity contribution >= 4 is 21.9 Å². The van der Waals surface area contributed by atoms with Gasteiger partial charge in [0, 0.05) is 5.33 Å². The molecule has 0 saturated carbocycles. The molecule has 0 spiro atoms. The number of halogens is 2. The van der Waals surface area contributed by atoms with Crippen LogP contribution in [-0.4, -0.2) is 24.5 Å². The lowest BCUT2D eigenvalue weighted by atomic mass is 10.1. The summed E-state index contributed by atoms with van der Waals surface area (Å²) < 4.78 is 23.2. The Hall–Kier alpha value is -1.10. The van der Waals surface area contributed by atoms with Crippen LogP contribution < -0.4 is 4.74 Å². The molecule has 1 aromatic carbocycles. The van der Waals surface area contributed by atoms with Gasteiger partial charge in [0.25, 0.3) is 0 Å². The third-order valence-corrected chi connectivity index (χ3v) is 2.43. The number of alkyl halides is 1. The minimum atomic E-state index is -0.503. The predicted octanol–water partition coefficient (Wildman–Crippen LogP) is 2.71. The topological polar surface area (TPSA) is 35.5 Å². The van der Waals surface area contributed by atoms with E-state index in [4.69, 9.17) is 4.74 Å². The summed E-state index contributed by atoms with van der Waals surface area (Å²) in [4.78, 5) is 11.0. The molecule has 0 aliphatic rings. The molecule has 1 rings (SSSR count). The molecule has 0 aliphatic heterocycles. The zero-order valence-corrected chi connectivity index (χ0v) is 11.1. The standard InChI is InChI=1S/C12H14BrFO3/c1-2-16-12(15)8-17-11-4-3-9(5-6-13)7-10(11)14/h3-4,7H,2,5-6,8H2,1H3. The molecule has 1 aromatic rings. The number of hydrogen-bond acceptors (Lipinski definition) is 3. The quantitative estimate of drug-likeness (QED) is 0.599. The number of aryl methyl sites for hydroxylation is 1. The lowest BCUT2D eigenvalue weighted by Crippen LogP contribution is -2.15. The molecule has 0 N–H and O–H groups in total. The molecule has 94 valence electrons. The van der Waals surface area contributed by atoms with Crippen LogP contribution in [0.1, 0.15) is 12.5 Å². The van der Waals surface area contributed by atoms with Crippen molar-refractivity contribution in [2.24, 2.45) is 0 Å². The molecule has 0 fully saturated rings. The van der Waals surface area contributed by atoms with Crippen molar-refractivity contribution < 1.29 is 18.7 Å². The van der Waals surface area contributed by atoms with Crippen LogP contribution in [0.3, 0.4) is 0 Å². The summed E-state index contributed by atoms with van der Waals surface area (Å²) in [5.41, 5.74) is 0.878. The van der Waals surface area contributed by atoms with Gasteiger partial charge in [0.2, 0.25) is 0 Å². The molecule has 0 amide bonds. The van der Waals surface area contributed by atoms with Gasteiger partial charge in [-0.2, -0.15) is 0 Å². The third-order valence-electron chi connectivity index (χ3n) is 2.03. The Labute approximate surface area is 108 Å². The van der Waals surface area contributed by atoms with Gasteiger partial charge in [0.1, 0.15) is 0 Å². The van der Waals surface area contributed by atoms with Crippen molar-refractivity contribution in [2.45, 2.75) is 13.3 Å². The number of esters is 1. The highest BCUT2D eigenvalue weighted by Crippen LogP contribution is 2.18. The van der Waals surface area contributed by atoms with Gasteiger partial charge >= 0.3 is 5.97 Å². The summed E-state index contributed by atoms with van der Waals surface area (Å²) in [6.45, 7) is 1.71. The number of benzene rings is 1. The molecule has 0 radical (unpaired) electrons. The second-order valence-electron chi connectivity index (χ2n) is 3.30. The first kappa shape index (κ1) is 14.0. The van der Waals surface area contributed by atoms with Gasteiger partial charge in [-0.1, -0.05) is 22.0 Å². The fourth-order valence-electron chi connectivity index (χ4n) is 1.27. The van der Waals surface area contributed by atoms with Crippen molar-refractivity contribution in [3.63, 3.8) is 0 Å². The van der Waals surface area contributed by atoms with Crippen LogP contribution in [0.15, 0.2) is 18.2 Å². The van der Waals surface area contributed by atoms with Gasteiger partial charge in [0.15, 0.2) is 18.2 Å². The summed E-state index contributed by atoms with van der Waals surface area (Å²) in [6.07, 6.45) is 0.745. The zero-order chi connectivity index (χ0) is 12.7. The number of carbonyl (C=O) groups excluding carboxylic acids is 1. The van der Waals surface area contributed by atoms with Crippen molar-refractivity contribution in [3.05, 3.63) is 29.6 Å². The molecule has 0 bridgehead atoms. The molecular formula is C12H14BrFO3. The minimum absolute atomic E-state index is 0.0661. The molecule has 0 heterocycles. The van der Waals surface area contributed by atoms with Gasteiger partial charge in [-0.25, -0.2) is 9.18 Å². The second-order valence-corrected chi connectivity index (χ2v) is 4.09. The van der Waals surface area contributed by atoms with Gasteiger partial charge in [-0.15, -0.1) is 0 Å². The van der Waals surface area contributed by atoms with E-state index in [-0.39, 0.29) is 19.0 Å². The van der Waals surface area contributed by atoms with E-state index >= 15 is 0 Å². The van der Waals surface area contributed by atoms with Crippen molar-refractivity contribution in [1.29, 1.82) is 0 Å². The highest BCUT2D eigenvalue weighted by molar-refractivity contribution is 9.09. The van der Waals surface area contributed by atoms with Crippen LogP contribution in [0.2, 0.25) is 0 Å². The normalized spacial score (nSPS) is 10.1. The highest BCUT2D eigenvalue weighted by Gasteiger charge is 2.08. The SMILES string of the molecule is CCOC(=O)COc1ccc(CCBr)cc1F. The Bertz CT molecular complexity index is 382. The van der Waals surface area contributed by atoms with Crippen molar-refractivity contribution in [3.8, 4) is 5.75 Å². The first-order valence-corrected chi connectivity index (χ1v) is 6.42. The Morgan fingerprint density at radius 2 is 2.24 bits per heavy atom. The number of ether oxygens (including phenoxy) is 2. The van der Waals surface area contributed by atoms with Gasteiger partial charge in [-0.05, 0) is 31.0 Å². The maximum absolute atomic E-state index is 13.5. The smallest absolute Gasteiger partial charge is 0.344 e. The van der Waals surface area contributed by atoms with Crippen molar-refractivity contribution in [1.82, 2.24) is 0 Å². The molecule has 0 aromatic heterocycles. The van der Waals surface area contributed by atoms with E-state index in [0.717, 1.165) is 17.3 Å². The van der Waals surface area contributed by atoms with E-state index in [2.05, 4.69) is 20.7 Å². The van der Waals surface area contributed by atoms with Crippen LogP contribution in [-0.2, 0) is 16.0 Å². The third kappa shape index (κ3) is 4.73. The Morgan fingerprint density at radius 1 is 1.47 bits per heavy atom. The lowest BCUT2D eigenvalue weighted by molar-refractivity contribution is -0.145. The maximum atomic E-state index is 13.5. The fourth-order valence-corrected chi connectivity index (χ4v) is 1.72. The zero-order valence-electron chi connectivity index (χ0n) is 9.54. The maximum Gasteiger partial charge on any atom is 0.344 e.